The number of H-pyrrole nitrogens is 1. The molecule has 1 heterocycles. The lowest BCUT2D eigenvalue weighted by atomic mass is 10.1. The maximum atomic E-state index is 12.8. The maximum Gasteiger partial charge on any atom is 0.125 e. The minimum Gasteiger partial charge on any atom is -0.270 e. The Kier molecular flexibility index (Phi) is 1.65. The van der Waals surface area contributed by atoms with Crippen LogP contribution in [0, 0.1) is 12.7 Å². The van der Waals surface area contributed by atoms with Crippen LogP contribution < -0.4 is 0 Å². The van der Waals surface area contributed by atoms with Crippen LogP contribution in [0.2, 0.25) is 0 Å². The summed E-state index contributed by atoms with van der Waals surface area (Å²) >= 11 is 3.30. The number of hydrogen-bond donors (Lipinski definition) is 1. The van der Waals surface area contributed by atoms with Crippen LogP contribution in [0.5, 0.6) is 0 Å². The zero-order chi connectivity index (χ0) is 8.72. The average molecular weight is 229 g/mol. The van der Waals surface area contributed by atoms with Crippen molar-refractivity contribution in [3.8, 4) is 0 Å². The maximum absolute atomic E-state index is 12.8. The predicted molar refractivity (Wildman–Crippen MR) is 48.5 cm³/mol. The summed E-state index contributed by atoms with van der Waals surface area (Å²) < 4.78 is 13.6. The normalized spacial score (nSPS) is 10.9. The van der Waals surface area contributed by atoms with Crippen LogP contribution in [-0.4, -0.2) is 10.2 Å². The molecule has 0 bridgehead atoms. The molecule has 0 aliphatic heterocycles. The van der Waals surface area contributed by atoms with Crippen molar-refractivity contribution < 1.29 is 4.39 Å². The van der Waals surface area contributed by atoms with Gasteiger partial charge in [0, 0.05) is 11.5 Å². The lowest BCUT2D eigenvalue weighted by molar-refractivity contribution is 0.628. The Hall–Kier alpha value is -0.900. The van der Waals surface area contributed by atoms with Crippen molar-refractivity contribution >= 4 is 26.8 Å². The molecular formula is C8H6BrFN2. The fourth-order valence-electron chi connectivity index (χ4n) is 1.26. The van der Waals surface area contributed by atoms with Gasteiger partial charge in [0.1, 0.15) is 10.4 Å². The third-order valence-electron chi connectivity index (χ3n) is 1.77. The van der Waals surface area contributed by atoms with Crippen LogP contribution in [-0.2, 0) is 0 Å². The Balaban J connectivity index is 2.93. The van der Waals surface area contributed by atoms with Crippen molar-refractivity contribution in [2.24, 2.45) is 0 Å². The third-order valence-corrected chi connectivity index (χ3v) is 2.35. The monoisotopic (exact) mass is 228 g/mol. The van der Waals surface area contributed by atoms with Gasteiger partial charge in [0.05, 0.1) is 5.52 Å². The Labute approximate surface area is 76.9 Å². The van der Waals surface area contributed by atoms with E-state index in [2.05, 4.69) is 26.1 Å². The van der Waals surface area contributed by atoms with Gasteiger partial charge in [-0.2, -0.15) is 5.10 Å². The molecule has 0 aliphatic carbocycles. The second kappa shape index (κ2) is 2.55. The van der Waals surface area contributed by atoms with E-state index in [1.807, 2.05) is 6.92 Å². The number of nitrogens with one attached hydrogen (secondary N) is 1. The van der Waals surface area contributed by atoms with Crippen LogP contribution in [0.1, 0.15) is 5.56 Å². The molecule has 0 radical (unpaired) electrons. The molecule has 2 aromatic rings. The van der Waals surface area contributed by atoms with Crippen LogP contribution >= 0.6 is 15.9 Å². The van der Waals surface area contributed by atoms with Gasteiger partial charge in [-0.15, -0.1) is 0 Å². The molecule has 0 saturated heterocycles. The molecule has 2 rings (SSSR count). The first kappa shape index (κ1) is 7.73. The lowest BCUT2D eigenvalue weighted by Gasteiger charge is -1.95. The second-order valence-electron chi connectivity index (χ2n) is 2.65. The summed E-state index contributed by atoms with van der Waals surface area (Å²) in [6.45, 7) is 1.85. The molecule has 1 N–H and O–H groups in total. The first-order valence-corrected chi connectivity index (χ1v) is 4.27. The molecular weight excluding hydrogens is 223 g/mol. The first-order chi connectivity index (χ1) is 5.68. The minimum absolute atomic E-state index is 0.251. The van der Waals surface area contributed by atoms with Crippen LogP contribution in [0.4, 0.5) is 4.39 Å². The van der Waals surface area contributed by atoms with E-state index in [4.69, 9.17) is 0 Å². The summed E-state index contributed by atoms with van der Waals surface area (Å²) in [5, 5.41) is 7.61. The fourth-order valence-corrected chi connectivity index (χ4v) is 1.87. The molecule has 2 nitrogen and oxygen atoms in total. The lowest BCUT2D eigenvalue weighted by Crippen LogP contribution is -1.79. The number of benzene rings is 1. The highest BCUT2D eigenvalue weighted by Gasteiger charge is 2.06. The highest BCUT2D eigenvalue weighted by Crippen LogP contribution is 2.24. The molecule has 0 fully saturated rings. The van der Waals surface area contributed by atoms with E-state index in [9.17, 15) is 4.39 Å². The second-order valence-corrected chi connectivity index (χ2v) is 3.45. The molecule has 0 unspecified atom stereocenters. The number of hydrogen-bond acceptors (Lipinski definition) is 1. The molecule has 0 spiro atoms. The summed E-state index contributed by atoms with van der Waals surface area (Å²) in [5.41, 5.74) is 1.53. The van der Waals surface area contributed by atoms with E-state index in [0.717, 1.165) is 15.6 Å². The summed E-state index contributed by atoms with van der Waals surface area (Å²) in [7, 11) is 0. The number of rotatable bonds is 0. The zero-order valence-corrected chi connectivity index (χ0v) is 7.94. The number of aromatic nitrogens is 2. The van der Waals surface area contributed by atoms with Gasteiger partial charge in [0.25, 0.3) is 0 Å². The van der Waals surface area contributed by atoms with E-state index >= 15 is 0 Å². The van der Waals surface area contributed by atoms with Crippen LogP contribution in [0.3, 0.4) is 0 Å². The van der Waals surface area contributed by atoms with Gasteiger partial charge in [0.2, 0.25) is 0 Å². The smallest absolute Gasteiger partial charge is 0.125 e. The first-order valence-electron chi connectivity index (χ1n) is 3.48. The number of nitrogens with zero attached hydrogens (tertiary/aromatic N) is 1. The highest BCUT2D eigenvalue weighted by atomic mass is 79.9. The molecule has 62 valence electrons. The third kappa shape index (κ3) is 1.03. The Bertz CT molecular complexity index is 436. The van der Waals surface area contributed by atoms with E-state index in [1.165, 1.54) is 12.1 Å². The Morgan fingerprint density at radius 3 is 3.00 bits per heavy atom. The van der Waals surface area contributed by atoms with Gasteiger partial charge in [-0.3, -0.25) is 5.10 Å². The SMILES string of the molecule is Cc1cc(F)cc2n[nH]c(Br)c12. The van der Waals surface area contributed by atoms with E-state index in [-0.39, 0.29) is 5.82 Å². The molecule has 1 aromatic carbocycles. The quantitative estimate of drug-likeness (QED) is 0.739. The number of halogens is 2. The summed E-state index contributed by atoms with van der Waals surface area (Å²) in [6.07, 6.45) is 0. The van der Waals surface area contributed by atoms with E-state index < -0.39 is 0 Å². The highest BCUT2D eigenvalue weighted by molar-refractivity contribution is 9.10. The summed E-state index contributed by atoms with van der Waals surface area (Å²) in [6, 6.07) is 2.90. The summed E-state index contributed by atoms with van der Waals surface area (Å²) in [4.78, 5) is 0. The fraction of sp³-hybridized carbons (Fsp3) is 0.125. The number of aryl methyl sites for hydroxylation is 1. The van der Waals surface area contributed by atoms with Crippen molar-refractivity contribution in [1.29, 1.82) is 0 Å². The van der Waals surface area contributed by atoms with Crippen molar-refractivity contribution in [2.45, 2.75) is 6.92 Å². The molecule has 12 heavy (non-hydrogen) atoms. The van der Waals surface area contributed by atoms with Gasteiger partial charge >= 0.3 is 0 Å². The number of aromatic amines is 1. The summed E-state index contributed by atoms with van der Waals surface area (Å²) in [5.74, 6) is -0.251. The number of fused-ring (bicyclic) bond motifs is 1. The van der Waals surface area contributed by atoms with Gasteiger partial charge in [-0.1, -0.05) is 0 Å². The van der Waals surface area contributed by atoms with Crippen molar-refractivity contribution in [2.75, 3.05) is 0 Å². The van der Waals surface area contributed by atoms with Crippen LogP contribution in [0.25, 0.3) is 10.9 Å². The molecule has 0 amide bonds. The van der Waals surface area contributed by atoms with Gasteiger partial charge in [-0.05, 0) is 34.5 Å². The molecule has 1 aromatic heterocycles. The molecule has 0 atom stereocenters. The van der Waals surface area contributed by atoms with Gasteiger partial charge < -0.3 is 0 Å². The predicted octanol–water partition coefficient (Wildman–Crippen LogP) is 2.77. The average Bonchev–Trinajstić information content (AvgIpc) is 2.31. The van der Waals surface area contributed by atoms with Crippen molar-refractivity contribution in [1.82, 2.24) is 10.2 Å². The van der Waals surface area contributed by atoms with E-state index in [0.29, 0.717) is 5.52 Å². The Morgan fingerprint density at radius 2 is 2.25 bits per heavy atom. The van der Waals surface area contributed by atoms with Gasteiger partial charge in [0.15, 0.2) is 0 Å². The van der Waals surface area contributed by atoms with Gasteiger partial charge in [-0.25, -0.2) is 4.39 Å². The molecule has 0 saturated carbocycles. The zero-order valence-electron chi connectivity index (χ0n) is 6.36. The Morgan fingerprint density at radius 1 is 1.50 bits per heavy atom. The standard InChI is InChI=1S/C8H6BrFN2/c1-4-2-5(10)3-6-7(4)8(9)12-11-6/h2-3H,1H3,(H,11,12). The largest absolute Gasteiger partial charge is 0.270 e. The minimum atomic E-state index is -0.251. The molecule has 0 aliphatic rings. The van der Waals surface area contributed by atoms with E-state index in [1.54, 1.807) is 0 Å². The molecule has 4 heteroatoms. The van der Waals surface area contributed by atoms with Crippen molar-refractivity contribution in [3.05, 3.63) is 28.1 Å². The topological polar surface area (TPSA) is 28.7 Å². The van der Waals surface area contributed by atoms with Crippen LogP contribution in [0.15, 0.2) is 16.7 Å². The van der Waals surface area contributed by atoms with Crippen molar-refractivity contribution in [3.63, 3.8) is 0 Å².